The lowest BCUT2D eigenvalue weighted by Gasteiger charge is -2.32. The zero-order valence-corrected chi connectivity index (χ0v) is 16.0. The Morgan fingerprint density at radius 2 is 2.14 bits per heavy atom. The van der Waals surface area contributed by atoms with Gasteiger partial charge in [0.25, 0.3) is 0 Å². The Kier molecular flexibility index (Phi) is 5.81. The van der Waals surface area contributed by atoms with Gasteiger partial charge in [-0.3, -0.25) is 9.88 Å². The molecule has 1 fully saturated rings. The smallest absolute Gasteiger partial charge is 0.341 e. The summed E-state index contributed by atoms with van der Waals surface area (Å²) in [5, 5.41) is 8.69. The van der Waals surface area contributed by atoms with E-state index in [0.29, 0.717) is 11.7 Å². The van der Waals surface area contributed by atoms with E-state index in [0.717, 1.165) is 49.7 Å². The zero-order valence-electron chi connectivity index (χ0n) is 16.0. The van der Waals surface area contributed by atoms with Crippen molar-refractivity contribution in [1.29, 1.82) is 0 Å². The average molecular weight is 393 g/mol. The van der Waals surface area contributed by atoms with Gasteiger partial charge in [-0.2, -0.15) is 0 Å². The first-order chi connectivity index (χ1) is 14.2. The lowest BCUT2D eigenvalue weighted by Crippen LogP contribution is -2.34. The van der Waals surface area contributed by atoms with Crippen molar-refractivity contribution in [2.24, 2.45) is 0 Å². The number of aliphatic carboxylic acids is 1. The molecule has 1 saturated heterocycles. The van der Waals surface area contributed by atoms with Crippen LogP contribution in [0.15, 0.2) is 49.1 Å². The van der Waals surface area contributed by atoms with Gasteiger partial charge in [-0.25, -0.2) is 14.8 Å². The number of benzene rings is 1. The van der Waals surface area contributed by atoms with Crippen LogP contribution in [0.1, 0.15) is 30.0 Å². The molecule has 1 aromatic carbocycles. The monoisotopic (exact) mass is 393 g/mol. The number of piperidine rings is 1. The normalized spacial score (nSPS) is 17.2. The molecule has 8 heteroatoms. The summed E-state index contributed by atoms with van der Waals surface area (Å²) >= 11 is 0. The Labute approximate surface area is 168 Å². The molecule has 0 radical (unpaired) electrons. The number of rotatable bonds is 7. The SMILES string of the molecule is O=C(O)COc1ccc(CN2CCC[C@@H](c3cncc(-c4ncc[nH]4)n3)C2)cc1. The Morgan fingerprint density at radius 3 is 2.90 bits per heavy atom. The molecule has 0 bridgehead atoms. The molecule has 2 N–H and O–H groups in total. The van der Waals surface area contributed by atoms with Gasteiger partial charge >= 0.3 is 5.97 Å². The third-order valence-corrected chi connectivity index (χ3v) is 5.01. The van der Waals surface area contributed by atoms with Crippen LogP contribution in [-0.2, 0) is 11.3 Å². The molecule has 0 unspecified atom stereocenters. The molecule has 1 aliphatic rings. The van der Waals surface area contributed by atoms with E-state index in [2.05, 4.69) is 19.9 Å². The Balaban J connectivity index is 1.39. The summed E-state index contributed by atoms with van der Waals surface area (Å²) in [5.41, 5.74) is 2.94. The van der Waals surface area contributed by atoms with Crippen LogP contribution < -0.4 is 4.74 Å². The predicted octanol–water partition coefficient (Wildman–Crippen LogP) is 2.71. The second kappa shape index (κ2) is 8.83. The lowest BCUT2D eigenvalue weighted by atomic mass is 9.94. The van der Waals surface area contributed by atoms with Crippen LogP contribution in [0.4, 0.5) is 0 Å². The molecule has 150 valence electrons. The highest BCUT2D eigenvalue weighted by atomic mass is 16.5. The molecule has 0 aliphatic carbocycles. The maximum atomic E-state index is 10.6. The van der Waals surface area contributed by atoms with Gasteiger partial charge in [0.15, 0.2) is 12.4 Å². The van der Waals surface area contributed by atoms with Crippen molar-refractivity contribution in [3.05, 3.63) is 60.3 Å². The fourth-order valence-corrected chi connectivity index (χ4v) is 3.63. The Bertz CT molecular complexity index is 943. The van der Waals surface area contributed by atoms with E-state index >= 15 is 0 Å². The van der Waals surface area contributed by atoms with Crippen molar-refractivity contribution >= 4 is 5.97 Å². The van der Waals surface area contributed by atoms with E-state index < -0.39 is 5.97 Å². The zero-order chi connectivity index (χ0) is 20.1. The second-order valence-corrected chi connectivity index (χ2v) is 7.17. The van der Waals surface area contributed by atoms with Gasteiger partial charge in [0.05, 0.1) is 11.9 Å². The van der Waals surface area contributed by atoms with Crippen molar-refractivity contribution < 1.29 is 14.6 Å². The van der Waals surface area contributed by atoms with E-state index in [1.807, 2.05) is 30.5 Å². The van der Waals surface area contributed by atoms with Crippen LogP contribution >= 0.6 is 0 Å². The molecule has 3 heterocycles. The summed E-state index contributed by atoms with van der Waals surface area (Å²) in [7, 11) is 0. The lowest BCUT2D eigenvalue weighted by molar-refractivity contribution is -0.139. The molecule has 8 nitrogen and oxygen atoms in total. The number of nitrogens with zero attached hydrogens (tertiary/aromatic N) is 4. The van der Waals surface area contributed by atoms with Gasteiger partial charge in [-0.05, 0) is 37.1 Å². The summed E-state index contributed by atoms with van der Waals surface area (Å²) in [5.74, 6) is 0.659. The summed E-state index contributed by atoms with van der Waals surface area (Å²) in [4.78, 5) is 29.5. The number of hydrogen-bond acceptors (Lipinski definition) is 6. The van der Waals surface area contributed by atoms with Gasteiger partial charge in [0.2, 0.25) is 0 Å². The highest BCUT2D eigenvalue weighted by Gasteiger charge is 2.23. The highest BCUT2D eigenvalue weighted by molar-refractivity contribution is 5.68. The Morgan fingerprint density at radius 1 is 1.28 bits per heavy atom. The van der Waals surface area contributed by atoms with Crippen LogP contribution in [0.25, 0.3) is 11.5 Å². The number of imidazole rings is 1. The second-order valence-electron chi connectivity index (χ2n) is 7.17. The van der Waals surface area contributed by atoms with E-state index in [9.17, 15) is 4.79 Å². The van der Waals surface area contributed by atoms with Crippen molar-refractivity contribution in [2.75, 3.05) is 19.7 Å². The largest absolute Gasteiger partial charge is 0.482 e. The summed E-state index contributed by atoms with van der Waals surface area (Å²) in [6.45, 7) is 2.47. The first kappa shape index (κ1) is 19.1. The standard InChI is InChI=1S/C21H23N5O3/c27-20(28)14-29-17-5-3-15(4-6-17)12-26-9-1-2-16(13-26)18-10-22-11-19(25-18)21-23-7-8-24-21/h3-8,10-11,16H,1-2,9,12-14H2,(H,23,24)(H,27,28)/t16-/m1/s1. The van der Waals surface area contributed by atoms with E-state index in [1.54, 1.807) is 18.6 Å². The van der Waals surface area contributed by atoms with Crippen LogP contribution in [0.5, 0.6) is 5.75 Å². The minimum Gasteiger partial charge on any atom is -0.482 e. The highest BCUT2D eigenvalue weighted by Crippen LogP contribution is 2.27. The fourth-order valence-electron chi connectivity index (χ4n) is 3.63. The van der Waals surface area contributed by atoms with Crippen molar-refractivity contribution in [1.82, 2.24) is 24.8 Å². The molecule has 1 aliphatic heterocycles. The molecule has 3 aromatic rings. The minimum atomic E-state index is -0.979. The molecule has 29 heavy (non-hydrogen) atoms. The first-order valence-electron chi connectivity index (χ1n) is 9.65. The number of likely N-dealkylation sites (tertiary alicyclic amines) is 1. The van der Waals surface area contributed by atoms with Crippen molar-refractivity contribution in [3.8, 4) is 17.3 Å². The topological polar surface area (TPSA) is 104 Å². The van der Waals surface area contributed by atoms with E-state index in [-0.39, 0.29) is 6.61 Å². The van der Waals surface area contributed by atoms with Crippen molar-refractivity contribution in [2.45, 2.75) is 25.3 Å². The quantitative estimate of drug-likeness (QED) is 0.636. The number of carboxylic acids is 1. The molecular weight excluding hydrogens is 370 g/mol. The van der Waals surface area contributed by atoms with Gasteiger partial charge in [0.1, 0.15) is 11.4 Å². The molecule has 1 atom stereocenters. The molecular formula is C21H23N5O3. The van der Waals surface area contributed by atoms with Crippen LogP contribution in [0.2, 0.25) is 0 Å². The first-order valence-corrected chi connectivity index (χ1v) is 9.65. The molecule has 0 spiro atoms. The van der Waals surface area contributed by atoms with E-state index in [1.165, 1.54) is 5.56 Å². The summed E-state index contributed by atoms with van der Waals surface area (Å²) in [6.07, 6.45) is 9.28. The number of nitrogens with one attached hydrogen (secondary N) is 1. The van der Waals surface area contributed by atoms with Crippen LogP contribution in [-0.4, -0.2) is 55.6 Å². The number of hydrogen-bond donors (Lipinski definition) is 2. The third kappa shape index (κ3) is 4.97. The number of aromatic amines is 1. The van der Waals surface area contributed by atoms with Crippen LogP contribution in [0.3, 0.4) is 0 Å². The summed E-state index contributed by atoms with van der Waals surface area (Å²) in [6, 6.07) is 7.60. The van der Waals surface area contributed by atoms with Gasteiger partial charge in [0, 0.05) is 37.6 Å². The van der Waals surface area contributed by atoms with Crippen molar-refractivity contribution in [3.63, 3.8) is 0 Å². The maximum Gasteiger partial charge on any atom is 0.341 e. The van der Waals surface area contributed by atoms with Gasteiger partial charge in [-0.1, -0.05) is 12.1 Å². The summed E-state index contributed by atoms with van der Waals surface area (Å²) < 4.78 is 5.19. The fraction of sp³-hybridized carbons (Fsp3) is 0.333. The van der Waals surface area contributed by atoms with Gasteiger partial charge < -0.3 is 14.8 Å². The maximum absolute atomic E-state index is 10.6. The predicted molar refractivity (Wildman–Crippen MR) is 106 cm³/mol. The molecule has 2 aromatic heterocycles. The number of H-pyrrole nitrogens is 1. The van der Waals surface area contributed by atoms with Gasteiger partial charge in [-0.15, -0.1) is 0 Å². The number of ether oxygens (including phenoxy) is 1. The average Bonchev–Trinajstić information content (AvgIpc) is 3.29. The Hall–Kier alpha value is -3.26. The molecule has 0 saturated carbocycles. The number of aromatic nitrogens is 4. The molecule has 4 rings (SSSR count). The van der Waals surface area contributed by atoms with Crippen LogP contribution in [0, 0.1) is 0 Å². The number of carboxylic acid groups (broad SMARTS) is 1. The third-order valence-electron chi connectivity index (χ3n) is 5.01. The van der Waals surface area contributed by atoms with E-state index in [4.69, 9.17) is 14.8 Å². The number of carbonyl (C=O) groups is 1. The molecule has 0 amide bonds. The minimum absolute atomic E-state index is 0.328.